The van der Waals surface area contributed by atoms with Gasteiger partial charge in [-0.05, 0) is 36.6 Å². The largest absolute Gasteiger partial charge is 0.478 e. The number of nitrogens with zero attached hydrogens (tertiary/aromatic N) is 1. The van der Waals surface area contributed by atoms with Crippen molar-refractivity contribution in [2.45, 2.75) is 18.9 Å². The number of carbonyl (C=O) groups is 2. The highest BCUT2D eigenvalue weighted by Crippen LogP contribution is 2.26. The molecule has 6 heteroatoms. The number of aromatic carboxylic acids is 1. The molecule has 1 aliphatic carbocycles. The van der Waals surface area contributed by atoms with Gasteiger partial charge in [-0.25, -0.2) is 9.78 Å². The van der Waals surface area contributed by atoms with E-state index in [9.17, 15) is 14.7 Å². The van der Waals surface area contributed by atoms with Gasteiger partial charge in [0.25, 0.3) is 5.91 Å². The van der Waals surface area contributed by atoms with E-state index in [2.05, 4.69) is 10.3 Å². The lowest BCUT2D eigenvalue weighted by Gasteiger charge is -2.09. The molecule has 2 N–H and O–H groups in total. The molecule has 2 aromatic rings. The monoisotopic (exact) mass is 316 g/mol. The van der Waals surface area contributed by atoms with Crippen LogP contribution < -0.4 is 5.32 Å². The molecule has 5 nitrogen and oxygen atoms in total. The molecular weight excluding hydrogens is 304 g/mol. The van der Waals surface area contributed by atoms with Gasteiger partial charge in [-0.15, -0.1) is 0 Å². The first-order chi connectivity index (χ1) is 10.5. The van der Waals surface area contributed by atoms with Crippen molar-refractivity contribution < 1.29 is 14.7 Å². The third-order valence-electron chi connectivity index (χ3n) is 3.45. The molecule has 0 bridgehead atoms. The lowest BCUT2D eigenvalue weighted by atomic mass is 10.00. The van der Waals surface area contributed by atoms with Crippen LogP contribution in [0.3, 0.4) is 0 Å². The van der Waals surface area contributed by atoms with Gasteiger partial charge in [0.15, 0.2) is 0 Å². The maximum Gasteiger partial charge on any atom is 0.336 e. The zero-order valence-electron chi connectivity index (χ0n) is 11.5. The summed E-state index contributed by atoms with van der Waals surface area (Å²) < 4.78 is 0. The number of rotatable bonds is 4. The molecule has 1 amide bonds. The topological polar surface area (TPSA) is 79.3 Å². The fourth-order valence-electron chi connectivity index (χ4n) is 2.16. The van der Waals surface area contributed by atoms with Crippen molar-refractivity contribution in [3.63, 3.8) is 0 Å². The number of pyridine rings is 1. The van der Waals surface area contributed by atoms with Crippen molar-refractivity contribution in [1.82, 2.24) is 10.3 Å². The fraction of sp³-hybridized carbons (Fsp3) is 0.188. The van der Waals surface area contributed by atoms with Gasteiger partial charge in [-0.3, -0.25) is 4.79 Å². The smallest absolute Gasteiger partial charge is 0.336 e. The van der Waals surface area contributed by atoms with Gasteiger partial charge in [0, 0.05) is 23.4 Å². The summed E-state index contributed by atoms with van der Waals surface area (Å²) >= 11 is 5.76. The molecule has 112 valence electrons. The molecule has 1 fully saturated rings. The van der Waals surface area contributed by atoms with Gasteiger partial charge in [0.1, 0.15) is 5.15 Å². The van der Waals surface area contributed by atoms with E-state index in [1.54, 1.807) is 24.3 Å². The van der Waals surface area contributed by atoms with E-state index in [0.29, 0.717) is 16.7 Å². The van der Waals surface area contributed by atoms with Gasteiger partial charge in [0.2, 0.25) is 0 Å². The highest BCUT2D eigenvalue weighted by Gasteiger charge is 2.24. The Hall–Kier alpha value is -2.40. The van der Waals surface area contributed by atoms with E-state index in [1.807, 2.05) is 0 Å². The maximum absolute atomic E-state index is 12.1. The third-order valence-corrected chi connectivity index (χ3v) is 3.66. The highest BCUT2D eigenvalue weighted by molar-refractivity contribution is 6.29. The molecule has 0 unspecified atom stereocenters. The minimum atomic E-state index is -1.09. The summed E-state index contributed by atoms with van der Waals surface area (Å²) in [7, 11) is 0. The number of hydrogen-bond donors (Lipinski definition) is 2. The molecule has 0 aliphatic heterocycles. The number of amides is 1. The van der Waals surface area contributed by atoms with E-state index in [1.165, 1.54) is 12.3 Å². The van der Waals surface area contributed by atoms with Gasteiger partial charge >= 0.3 is 5.97 Å². The number of nitrogens with one attached hydrogen (secondary N) is 1. The Kier molecular flexibility index (Phi) is 3.81. The van der Waals surface area contributed by atoms with Crippen LogP contribution in [0.25, 0.3) is 11.1 Å². The normalized spacial score (nSPS) is 13.7. The molecule has 3 rings (SSSR count). The molecule has 1 aromatic carbocycles. The number of carboxylic acids is 1. The highest BCUT2D eigenvalue weighted by atomic mass is 35.5. The van der Waals surface area contributed by atoms with E-state index in [-0.39, 0.29) is 22.7 Å². The van der Waals surface area contributed by atoms with Crippen LogP contribution in [-0.4, -0.2) is 28.0 Å². The van der Waals surface area contributed by atoms with E-state index in [4.69, 9.17) is 11.6 Å². The average molecular weight is 317 g/mol. The first-order valence-corrected chi connectivity index (χ1v) is 7.22. The standard InChI is InChI=1S/C16H13ClN2O3/c17-14-7-12(16(21)22)13(8-18-14)9-2-1-3-10(6-9)15(20)19-11-4-5-11/h1-3,6-8,11H,4-5H2,(H,19,20)(H,21,22). The molecule has 22 heavy (non-hydrogen) atoms. The number of halogens is 1. The van der Waals surface area contributed by atoms with Gasteiger partial charge in [0.05, 0.1) is 5.56 Å². The first-order valence-electron chi connectivity index (χ1n) is 6.85. The van der Waals surface area contributed by atoms with Crippen LogP contribution in [0.4, 0.5) is 0 Å². The number of carbonyl (C=O) groups excluding carboxylic acids is 1. The first kappa shape index (κ1) is 14.5. The number of benzene rings is 1. The Morgan fingerprint density at radius 2 is 2.05 bits per heavy atom. The lowest BCUT2D eigenvalue weighted by Crippen LogP contribution is -2.25. The zero-order valence-corrected chi connectivity index (χ0v) is 12.3. The third kappa shape index (κ3) is 3.09. The number of carboxylic acid groups (broad SMARTS) is 1. The van der Waals surface area contributed by atoms with Crippen molar-refractivity contribution in [2.75, 3.05) is 0 Å². The lowest BCUT2D eigenvalue weighted by molar-refractivity contribution is 0.0697. The summed E-state index contributed by atoms with van der Waals surface area (Å²) in [6, 6.07) is 8.39. The second kappa shape index (κ2) is 5.77. The zero-order chi connectivity index (χ0) is 15.7. The predicted molar refractivity (Wildman–Crippen MR) is 82.1 cm³/mol. The summed E-state index contributed by atoms with van der Waals surface area (Å²) in [5.74, 6) is -1.24. The Morgan fingerprint density at radius 1 is 1.27 bits per heavy atom. The SMILES string of the molecule is O=C(NC1CC1)c1cccc(-c2cnc(Cl)cc2C(=O)O)c1. The number of aromatic nitrogens is 1. The molecule has 0 saturated heterocycles. The summed E-state index contributed by atoms with van der Waals surface area (Å²) in [4.78, 5) is 27.4. The minimum absolute atomic E-state index is 0.0553. The second-order valence-corrected chi connectivity index (χ2v) is 5.57. The molecule has 1 saturated carbocycles. The number of hydrogen-bond acceptors (Lipinski definition) is 3. The second-order valence-electron chi connectivity index (χ2n) is 5.19. The Morgan fingerprint density at radius 3 is 2.73 bits per heavy atom. The average Bonchev–Trinajstić information content (AvgIpc) is 3.31. The van der Waals surface area contributed by atoms with Crippen LogP contribution in [0, 0.1) is 0 Å². The van der Waals surface area contributed by atoms with Crippen LogP contribution in [0.1, 0.15) is 33.6 Å². The predicted octanol–water partition coefficient (Wildman–Crippen LogP) is 2.99. The Labute approximate surface area is 131 Å². The van der Waals surface area contributed by atoms with Crippen molar-refractivity contribution in [3.8, 4) is 11.1 Å². The molecule has 0 atom stereocenters. The van der Waals surface area contributed by atoms with Gasteiger partial charge < -0.3 is 10.4 Å². The Balaban J connectivity index is 1.98. The van der Waals surface area contributed by atoms with Crippen LogP contribution in [0.5, 0.6) is 0 Å². The van der Waals surface area contributed by atoms with Gasteiger partial charge in [-0.1, -0.05) is 23.7 Å². The summed E-state index contributed by atoms with van der Waals surface area (Å²) in [6.45, 7) is 0. The molecule has 0 radical (unpaired) electrons. The minimum Gasteiger partial charge on any atom is -0.478 e. The van der Waals surface area contributed by atoms with Crippen LogP contribution in [0.2, 0.25) is 5.15 Å². The van der Waals surface area contributed by atoms with Crippen LogP contribution in [0.15, 0.2) is 36.5 Å². The Bertz CT molecular complexity index is 757. The molecule has 0 spiro atoms. The fourth-order valence-corrected chi connectivity index (χ4v) is 2.32. The quantitative estimate of drug-likeness (QED) is 0.850. The summed E-state index contributed by atoms with van der Waals surface area (Å²) in [6.07, 6.45) is 3.43. The van der Waals surface area contributed by atoms with E-state index in [0.717, 1.165) is 12.8 Å². The van der Waals surface area contributed by atoms with Gasteiger partial charge in [-0.2, -0.15) is 0 Å². The van der Waals surface area contributed by atoms with Crippen LogP contribution in [-0.2, 0) is 0 Å². The van der Waals surface area contributed by atoms with E-state index < -0.39 is 5.97 Å². The van der Waals surface area contributed by atoms with Crippen molar-refractivity contribution in [3.05, 3.63) is 52.8 Å². The molecule has 1 aliphatic rings. The van der Waals surface area contributed by atoms with Crippen molar-refractivity contribution in [1.29, 1.82) is 0 Å². The van der Waals surface area contributed by atoms with E-state index >= 15 is 0 Å². The molecular formula is C16H13ClN2O3. The molecule has 1 heterocycles. The van der Waals surface area contributed by atoms with Crippen LogP contribution >= 0.6 is 11.6 Å². The molecule has 1 aromatic heterocycles. The van der Waals surface area contributed by atoms with Crippen molar-refractivity contribution in [2.24, 2.45) is 0 Å². The summed E-state index contributed by atoms with van der Waals surface area (Å²) in [5.41, 5.74) is 1.60. The summed E-state index contributed by atoms with van der Waals surface area (Å²) in [5, 5.41) is 12.3. The maximum atomic E-state index is 12.1. The van der Waals surface area contributed by atoms with Crippen molar-refractivity contribution >= 4 is 23.5 Å².